The van der Waals surface area contributed by atoms with Crippen LogP contribution in [0.4, 0.5) is 4.39 Å². The highest BCUT2D eigenvalue weighted by atomic mass is 79.9. The van der Waals surface area contributed by atoms with Crippen molar-refractivity contribution < 1.29 is 4.39 Å². The van der Waals surface area contributed by atoms with Crippen LogP contribution in [0.15, 0.2) is 22.7 Å². The van der Waals surface area contributed by atoms with E-state index in [9.17, 15) is 4.39 Å². The summed E-state index contributed by atoms with van der Waals surface area (Å²) in [5, 5.41) is 3.51. The second-order valence-corrected chi connectivity index (χ2v) is 5.78. The third-order valence-corrected chi connectivity index (χ3v) is 4.34. The Morgan fingerprint density at radius 3 is 2.82 bits per heavy atom. The van der Waals surface area contributed by atoms with Crippen LogP contribution >= 0.6 is 15.9 Å². The van der Waals surface area contributed by atoms with E-state index < -0.39 is 0 Å². The van der Waals surface area contributed by atoms with Gasteiger partial charge in [0.05, 0.1) is 0 Å². The number of hydrogen-bond acceptors (Lipinski definition) is 1. The van der Waals surface area contributed by atoms with Crippen molar-refractivity contribution in [1.82, 2.24) is 5.32 Å². The lowest BCUT2D eigenvalue weighted by Crippen LogP contribution is -2.24. The van der Waals surface area contributed by atoms with E-state index in [0.29, 0.717) is 0 Å². The molecule has 0 spiro atoms. The molecule has 1 aromatic carbocycles. The fraction of sp³-hybridized carbons (Fsp3) is 0.571. The molecule has 1 fully saturated rings. The van der Waals surface area contributed by atoms with Crippen molar-refractivity contribution in [3.63, 3.8) is 0 Å². The van der Waals surface area contributed by atoms with Gasteiger partial charge in [-0.2, -0.15) is 0 Å². The molecule has 0 amide bonds. The molecule has 0 saturated heterocycles. The number of hydrogen-bond donors (Lipinski definition) is 1. The molecule has 1 aromatic rings. The number of halogens is 2. The SMILES string of the molecule is CC(NCCC1CCC1)c1ccc(F)cc1Br. The molecule has 0 bridgehead atoms. The predicted octanol–water partition coefficient (Wildman–Crippen LogP) is 4.43. The first-order valence-electron chi connectivity index (χ1n) is 6.35. The highest BCUT2D eigenvalue weighted by Crippen LogP contribution is 2.29. The summed E-state index contributed by atoms with van der Waals surface area (Å²) in [6.45, 7) is 3.18. The summed E-state index contributed by atoms with van der Waals surface area (Å²) in [6, 6.07) is 5.16. The summed E-state index contributed by atoms with van der Waals surface area (Å²) in [4.78, 5) is 0. The Hall–Kier alpha value is -0.410. The molecule has 17 heavy (non-hydrogen) atoms. The molecule has 0 radical (unpaired) electrons. The molecule has 1 unspecified atom stereocenters. The molecular formula is C14H19BrFN. The van der Waals surface area contributed by atoms with Crippen LogP contribution in [-0.2, 0) is 0 Å². The summed E-state index contributed by atoms with van der Waals surface area (Å²) in [7, 11) is 0. The smallest absolute Gasteiger partial charge is 0.124 e. The Morgan fingerprint density at radius 1 is 1.47 bits per heavy atom. The zero-order valence-corrected chi connectivity index (χ0v) is 11.8. The highest BCUT2D eigenvalue weighted by molar-refractivity contribution is 9.10. The van der Waals surface area contributed by atoms with Gasteiger partial charge in [-0.05, 0) is 43.5 Å². The Kier molecular flexibility index (Phi) is 4.57. The van der Waals surface area contributed by atoms with E-state index in [1.165, 1.54) is 37.8 Å². The molecule has 1 nitrogen and oxygen atoms in total. The van der Waals surface area contributed by atoms with E-state index in [4.69, 9.17) is 0 Å². The lowest BCUT2D eigenvalue weighted by Gasteiger charge is -2.26. The maximum Gasteiger partial charge on any atom is 0.124 e. The van der Waals surface area contributed by atoms with Crippen LogP contribution in [0.2, 0.25) is 0 Å². The Balaban J connectivity index is 1.83. The van der Waals surface area contributed by atoms with Crippen molar-refractivity contribution in [3.05, 3.63) is 34.1 Å². The molecule has 0 aromatic heterocycles. The standard InChI is InChI=1S/C14H19BrFN/c1-10(17-8-7-11-3-2-4-11)13-6-5-12(16)9-14(13)15/h5-6,9-11,17H,2-4,7-8H2,1H3. The van der Waals surface area contributed by atoms with Gasteiger partial charge in [0.15, 0.2) is 0 Å². The lowest BCUT2D eigenvalue weighted by molar-refractivity contribution is 0.288. The van der Waals surface area contributed by atoms with E-state index in [1.807, 2.05) is 6.07 Å². The maximum atomic E-state index is 13.0. The number of benzene rings is 1. The molecule has 1 aliphatic carbocycles. The Morgan fingerprint density at radius 2 is 2.24 bits per heavy atom. The lowest BCUT2D eigenvalue weighted by atomic mass is 9.83. The largest absolute Gasteiger partial charge is 0.310 e. The summed E-state index contributed by atoms with van der Waals surface area (Å²) < 4.78 is 13.8. The molecule has 1 N–H and O–H groups in total. The van der Waals surface area contributed by atoms with Gasteiger partial charge >= 0.3 is 0 Å². The van der Waals surface area contributed by atoms with Crippen molar-refractivity contribution in [3.8, 4) is 0 Å². The van der Waals surface area contributed by atoms with Crippen LogP contribution in [-0.4, -0.2) is 6.54 Å². The van der Waals surface area contributed by atoms with Crippen molar-refractivity contribution in [2.75, 3.05) is 6.54 Å². The van der Waals surface area contributed by atoms with Gasteiger partial charge in [0, 0.05) is 10.5 Å². The Labute approximate surface area is 111 Å². The Bertz CT molecular complexity index is 376. The average Bonchev–Trinajstić information content (AvgIpc) is 2.21. The highest BCUT2D eigenvalue weighted by Gasteiger charge is 2.17. The molecule has 3 heteroatoms. The van der Waals surface area contributed by atoms with E-state index in [0.717, 1.165) is 22.5 Å². The van der Waals surface area contributed by atoms with Crippen molar-refractivity contribution in [1.29, 1.82) is 0 Å². The van der Waals surface area contributed by atoms with E-state index in [-0.39, 0.29) is 11.9 Å². The molecule has 1 saturated carbocycles. The van der Waals surface area contributed by atoms with Gasteiger partial charge in [-0.3, -0.25) is 0 Å². The van der Waals surface area contributed by atoms with Crippen LogP contribution < -0.4 is 5.32 Å². The van der Waals surface area contributed by atoms with E-state index >= 15 is 0 Å². The van der Waals surface area contributed by atoms with Gasteiger partial charge in [0.1, 0.15) is 5.82 Å². The predicted molar refractivity (Wildman–Crippen MR) is 72.5 cm³/mol. The first kappa shape index (κ1) is 13.0. The van der Waals surface area contributed by atoms with Gasteiger partial charge in [-0.15, -0.1) is 0 Å². The monoisotopic (exact) mass is 299 g/mol. The van der Waals surface area contributed by atoms with Crippen LogP contribution in [0.1, 0.15) is 44.2 Å². The van der Waals surface area contributed by atoms with E-state index in [1.54, 1.807) is 0 Å². The van der Waals surface area contributed by atoms with Gasteiger partial charge in [0.25, 0.3) is 0 Å². The minimum absolute atomic E-state index is 0.192. The van der Waals surface area contributed by atoms with E-state index in [2.05, 4.69) is 28.2 Å². The summed E-state index contributed by atoms with van der Waals surface area (Å²) in [6.07, 6.45) is 5.47. The minimum Gasteiger partial charge on any atom is -0.310 e. The maximum absolute atomic E-state index is 13.0. The van der Waals surface area contributed by atoms with Gasteiger partial charge in [-0.25, -0.2) is 4.39 Å². The molecule has 1 aliphatic rings. The molecule has 2 rings (SSSR count). The van der Waals surface area contributed by atoms with Crippen LogP contribution in [0.5, 0.6) is 0 Å². The second kappa shape index (κ2) is 5.96. The quantitative estimate of drug-likeness (QED) is 0.848. The second-order valence-electron chi connectivity index (χ2n) is 4.93. The fourth-order valence-electron chi connectivity index (χ4n) is 2.25. The van der Waals surface area contributed by atoms with Crippen molar-refractivity contribution in [2.45, 2.75) is 38.6 Å². The summed E-state index contributed by atoms with van der Waals surface area (Å²) >= 11 is 3.41. The van der Waals surface area contributed by atoms with Crippen molar-refractivity contribution in [2.24, 2.45) is 5.92 Å². The van der Waals surface area contributed by atoms with Gasteiger partial charge in [0.2, 0.25) is 0 Å². The molecule has 94 valence electrons. The molecular weight excluding hydrogens is 281 g/mol. The average molecular weight is 300 g/mol. The number of rotatable bonds is 5. The van der Waals surface area contributed by atoms with Crippen LogP contribution in [0.25, 0.3) is 0 Å². The van der Waals surface area contributed by atoms with Crippen LogP contribution in [0, 0.1) is 11.7 Å². The number of nitrogens with one attached hydrogen (secondary N) is 1. The topological polar surface area (TPSA) is 12.0 Å². The zero-order chi connectivity index (χ0) is 12.3. The molecule has 0 aliphatic heterocycles. The molecule has 1 atom stereocenters. The minimum atomic E-state index is -0.192. The van der Waals surface area contributed by atoms with Gasteiger partial charge in [-0.1, -0.05) is 41.3 Å². The first-order chi connectivity index (χ1) is 8.16. The first-order valence-corrected chi connectivity index (χ1v) is 7.14. The molecule has 0 heterocycles. The summed E-state index contributed by atoms with van der Waals surface area (Å²) in [5.74, 6) is 0.744. The van der Waals surface area contributed by atoms with Crippen molar-refractivity contribution >= 4 is 15.9 Å². The fourth-order valence-corrected chi connectivity index (χ4v) is 2.94. The van der Waals surface area contributed by atoms with Gasteiger partial charge < -0.3 is 5.32 Å². The third kappa shape index (κ3) is 3.52. The zero-order valence-electron chi connectivity index (χ0n) is 10.2. The third-order valence-electron chi connectivity index (χ3n) is 3.66. The summed E-state index contributed by atoms with van der Waals surface area (Å²) in [5.41, 5.74) is 1.13. The normalized spacial score (nSPS) is 17.8. The van der Waals surface area contributed by atoms with Crippen LogP contribution in [0.3, 0.4) is 0 Å².